The van der Waals surface area contributed by atoms with Gasteiger partial charge in [0.15, 0.2) is 5.78 Å². The fourth-order valence-corrected chi connectivity index (χ4v) is 5.12. The zero-order chi connectivity index (χ0) is 22.2. The molecule has 1 amide bonds. The Kier molecular flexibility index (Phi) is 6.08. The average molecular weight is 427 g/mol. The predicted molar refractivity (Wildman–Crippen MR) is 122 cm³/mol. The lowest BCUT2D eigenvalue weighted by Gasteiger charge is -2.38. The Morgan fingerprint density at radius 1 is 1.16 bits per heavy atom. The summed E-state index contributed by atoms with van der Waals surface area (Å²) in [5.41, 5.74) is 3.65. The number of amides is 1. The van der Waals surface area contributed by atoms with Crippen molar-refractivity contribution in [2.45, 2.75) is 39.7 Å². The maximum Gasteiger partial charge on any atom is 0.242 e. The summed E-state index contributed by atoms with van der Waals surface area (Å²) >= 11 is 0. The maximum absolute atomic E-state index is 13.2. The molecule has 31 heavy (non-hydrogen) atoms. The number of aliphatic hydroxyl groups is 1. The Morgan fingerprint density at radius 2 is 1.87 bits per heavy atom. The number of Topliss-reactive ketones (excluding diaryl/α,β-unsaturated/α-hetero) is 1. The number of hydrogen-bond donors (Lipinski definition) is 2. The summed E-state index contributed by atoms with van der Waals surface area (Å²) < 4.78 is 0. The molecule has 0 unspecified atom stereocenters. The van der Waals surface area contributed by atoms with Crippen LogP contribution in [0.25, 0.3) is 0 Å². The SMILES string of the molecule is C[C@H]1C2=C(CC(C)(C)CC2=O)Nc2ccccc2N1CC(=O)N1CCN(CCO)CC1. The monoisotopic (exact) mass is 426 g/mol. The molecule has 2 aliphatic heterocycles. The van der Waals surface area contributed by atoms with E-state index in [0.717, 1.165) is 42.2 Å². The Balaban J connectivity index is 1.59. The van der Waals surface area contributed by atoms with Crippen LogP contribution in [0.1, 0.15) is 33.6 Å². The molecule has 0 radical (unpaired) electrons. The van der Waals surface area contributed by atoms with Crippen LogP contribution < -0.4 is 10.2 Å². The van der Waals surface area contributed by atoms with Crippen molar-refractivity contribution in [3.05, 3.63) is 35.5 Å². The highest BCUT2D eigenvalue weighted by Crippen LogP contribution is 2.43. The number of allylic oxidation sites excluding steroid dienone is 1. The van der Waals surface area contributed by atoms with Crippen LogP contribution in [0.15, 0.2) is 35.5 Å². The maximum atomic E-state index is 13.2. The third kappa shape index (κ3) is 4.48. The molecule has 1 fully saturated rings. The van der Waals surface area contributed by atoms with Gasteiger partial charge < -0.3 is 20.2 Å². The van der Waals surface area contributed by atoms with Crippen molar-refractivity contribution in [2.75, 3.05) is 56.1 Å². The zero-order valence-electron chi connectivity index (χ0n) is 18.9. The molecule has 168 valence electrons. The van der Waals surface area contributed by atoms with Crippen molar-refractivity contribution in [1.82, 2.24) is 9.80 Å². The number of hydrogen-bond acceptors (Lipinski definition) is 6. The Bertz CT molecular complexity index is 887. The Hall–Kier alpha value is -2.38. The standard InChI is InChI=1S/C24H34N4O3/c1-17-23-19(14-24(2,3)15-21(23)30)25-18-6-4-5-7-20(18)28(17)16-22(31)27-10-8-26(9-11-27)12-13-29/h4-7,17,25,29H,8-16H2,1-3H3/t17-/m0/s1. The van der Waals surface area contributed by atoms with Crippen molar-refractivity contribution in [3.8, 4) is 0 Å². The molecule has 1 aliphatic carbocycles. The molecule has 0 aromatic heterocycles. The smallest absolute Gasteiger partial charge is 0.242 e. The minimum Gasteiger partial charge on any atom is -0.395 e. The third-order valence-electron chi connectivity index (χ3n) is 6.75. The number of para-hydroxylation sites is 2. The normalized spacial score (nSPS) is 23.7. The first-order valence-electron chi connectivity index (χ1n) is 11.3. The molecule has 2 N–H and O–H groups in total. The molecular weight excluding hydrogens is 392 g/mol. The second kappa shape index (κ2) is 8.63. The van der Waals surface area contributed by atoms with Gasteiger partial charge >= 0.3 is 0 Å². The van der Waals surface area contributed by atoms with E-state index in [1.807, 2.05) is 36.1 Å². The van der Waals surface area contributed by atoms with E-state index in [-0.39, 0.29) is 36.3 Å². The minimum absolute atomic E-state index is 0.0726. The third-order valence-corrected chi connectivity index (χ3v) is 6.75. The van der Waals surface area contributed by atoms with Gasteiger partial charge in [-0.05, 0) is 30.9 Å². The first-order chi connectivity index (χ1) is 14.8. The lowest BCUT2D eigenvalue weighted by molar-refractivity contribution is -0.131. The number of piperazine rings is 1. The van der Waals surface area contributed by atoms with Crippen LogP contribution in [0.4, 0.5) is 11.4 Å². The number of carbonyl (C=O) groups is 2. The largest absolute Gasteiger partial charge is 0.395 e. The Labute approximate surface area is 184 Å². The van der Waals surface area contributed by atoms with Gasteiger partial charge in [0.05, 0.1) is 30.6 Å². The fourth-order valence-electron chi connectivity index (χ4n) is 5.12. The summed E-state index contributed by atoms with van der Waals surface area (Å²) in [5, 5.41) is 12.7. The molecule has 7 heteroatoms. The van der Waals surface area contributed by atoms with E-state index in [1.54, 1.807) is 0 Å². The van der Waals surface area contributed by atoms with Gasteiger partial charge in [0.25, 0.3) is 0 Å². The van der Waals surface area contributed by atoms with Crippen LogP contribution in [-0.2, 0) is 9.59 Å². The van der Waals surface area contributed by atoms with Gasteiger partial charge in [0.2, 0.25) is 5.91 Å². The number of ketones is 1. The number of fused-ring (bicyclic) bond motifs is 1. The summed E-state index contributed by atoms with van der Waals surface area (Å²) in [6, 6.07) is 7.84. The lowest BCUT2D eigenvalue weighted by atomic mass is 9.74. The van der Waals surface area contributed by atoms with Crippen LogP contribution in [-0.4, -0.2) is 78.5 Å². The summed E-state index contributed by atoms with van der Waals surface area (Å²) in [7, 11) is 0. The molecule has 2 heterocycles. The van der Waals surface area contributed by atoms with Crippen molar-refractivity contribution in [3.63, 3.8) is 0 Å². The van der Waals surface area contributed by atoms with Crippen LogP contribution in [0, 0.1) is 5.41 Å². The van der Waals surface area contributed by atoms with Gasteiger partial charge in [0, 0.05) is 50.4 Å². The molecule has 1 aromatic rings. The fraction of sp³-hybridized carbons (Fsp3) is 0.583. The van der Waals surface area contributed by atoms with E-state index in [2.05, 4.69) is 29.0 Å². The molecule has 0 spiro atoms. The number of carbonyl (C=O) groups excluding carboxylic acids is 2. The number of aliphatic hydroxyl groups excluding tert-OH is 1. The number of benzene rings is 1. The summed E-state index contributed by atoms with van der Waals surface area (Å²) in [4.78, 5) is 32.6. The molecule has 1 atom stereocenters. The van der Waals surface area contributed by atoms with Crippen LogP contribution in [0.5, 0.6) is 0 Å². The zero-order valence-corrected chi connectivity index (χ0v) is 18.9. The van der Waals surface area contributed by atoms with Gasteiger partial charge in [-0.25, -0.2) is 0 Å². The van der Waals surface area contributed by atoms with E-state index in [1.165, 1.54) is 0 Å². The van der Waals surface area contributed by atoms with Crippen LogP contribution >= 0.6 is 0 Å². The second-order valence-electron chi connectivity index (χ2n) is 9.73. The van der Waals surface area contributed by atoms with E-state index < -0.39 is 0 Å². The number of nitrogens with one attached hydrogen (secondary N) is 1. The summed E-state index contributed by atoms with van der Waals surface area (Å²) in [6.45, 7) is 10.3. The average Bonchev–Trinajstić information content (AvgIpc) is 2.82. The van der Waals surface area contributed by atoms with Gasteiger partial charge in [-0.3, -0.25) is 14.5 Å². The lowest BCUT2D eigenvalue weighted by Crippen LogP contribution is -2.53. The van der Waals surface area contributed by atoms with Crippen LogP contribution in [0.2, 0.25) is 0 Å². The van der Waals surface area contributed by atoms with Crippen molar-refractivity contribution in [1.29, 1.82) is 0 Å². The molecule has 3 aliphatic rings. The molecule has 4 rings (SSSR count). The highest BCUT2D eigenvalue weighted by molar-refractivity contribution is 6.01. The molecule has 0 bridgehead atoms. The molecule has 1 saturated heterocycles. The number of anilines is 2. The highest BCUT2D eigenvalue weighted by atomic mass is 16.3. The quantitative estimate of drug-likeness (QED) is 0.768. The van der Waals surface area contributed by atoms with Gasteiger partial charge in [-0.15, -0.1) is 0 Å². The topological polar surface area (TPSA) is 76.1 Å². The molecule has 1 aromatic carbocycles. The minimum atomic E-state index is -0.172. The van der Waals surface area contributed by atoms with Gasteiger partial charge in [0.1, 0.15) is 0 Å². The van der Waals surface area contributed by atoms with Gasteiger partial charge in [-0.2, -0.15) is 0 Å². The van der Waals surface area contributed by atoms with Crippen LogP contribution in [0.3, 0.4) is 0 Å². The first-order valence-corrected chi connectivity index (χ1v) is 11.3. The number of rotatable bonds is 4. The van der Waals surface area contributed by atoms with E-state index in [4.69, 9.17) is 5.11 Å². The first kappa shape index (κ1) is 21.8. The molecular formula is C24H34N4O3. The second-order valence-corrected chi connectivity index (χ2v) is 9.73. The van der Waals surface area contributed by atoms with Crippen molar-refractivity contribution >= 4 is 23.1 Å². The predicted octanol–water partition coefficient (Wildman–Crippen LogP) is 2.09. The summed E-state index contributed by atoms with van der Waals surface area (Å²) in [6.07, 6.45) is 1.35. The molecule has 0 saturated carbocycles. The Morgan fingerprint density at radius 3 is 2.58 bits per heavy atom. The number of nitrogens with zero attached hydrogens (tertiary/aromatic N) is 3. The van der Waals surface area contributed by atoms with E-state index >= 15 is 0 Å². The van der Waals surface area contributed by atoms with E-state index in [0.29, 0.717) is 26.1 Å². The van der Waals surface area contributed by atoms with Crippen molar-refractivity contribution < 1.29 is 14.7 Å². The van der Waals surface area contributed by atoms with Crippen molar-refractivity contribution in [2.24, 2.45) is 5.41 Å². The molecule has 7 nitrogen and oxygen atoms in total. The van der Waals surface area contributed by atoms with Gasteiger partial charge in [-0.1, -0.05) is 26.0 Å². The number of β-amino-alcohol motifs (C(OH)–C–C–N with tert-alkyl or cyclic N) is 1. The van der Waals surface area contributed by atoms with E-state index in [9.17, 15) is 9.59 Å². The summed E-state index contributed by atoms with van der Waals surface area (Å²) in [5.74, 6) is 0.257. The highest BCUT2D eigenvalue weighted by Gasteiger charge is 2.39.